The van der Waals surface area contributed by atoms with Crippen LogP contribution in [-0.4, -0.2) is 30.7 Å². The molecule has 124 valence electrons. The zero-order chi connectivity index (χ0) is 17.0. The van der Waals surface area contributed by atoms with Crippen molar-refractivity contribution in [2.75, 3.05) is 13.7 Å². The van der Waals surface area contributed by atoms with E-state index in [1.165, 1.54) is 19.2 Å². The number of rotatable bonds is 6. The average molecular weight is 322 g/mol. The van der Waals surface area contributed by atoms with Crippen molar-refractivity contribution in [3.8, 4) is 0 Å². The van der Waals surface area contributed by atoms with Gasteiger partial charge in [0, 0.05) is 12.1 Å². The van der Waals surface area contributed by atoms with Crippen LogP contribution in [0.4, 0.5) is 10.5 Å². The van der Waals surface area contributed by atoms with Gasteiger partial charge in [0.15, 0.2) is 0 Å². The van der Waals surface area contributed by atoms with Gasteiger partial charge in [0.25, 0.3) is 5.69 Å². The van der Waals surface area contributed by atoms with Gasteiger partial charge in [0.2, 0.25) is 0 Å². The number of nitro groups is 1. The molecule has 0 heterocycles. The third-order valence-corrected chi connectivity index (χ3v) is 3.91. The molecular formula is C15H18N2O6. The summed E-state index contributed by atoms with van der Waals surface area (Å²) < 4.78 is 9.55. The second-order valence-corrected chi connectivity index (χ2v) is 5.31. The lowest BCUT2D eigenvalue weighted by Gasteiger charge is -2.19. The maximum Gasteiger partial charge on any atom is 0.407 e. The summed E-state index contributed by atoms with van der Waals surface area (Å²) in [6.45, 7) is 1.99. The van der Waals surface area contributed by atoms with E-state index in [2.05, 4.69) is 10.1 Å². The van der Waals surface area contributed by atoms with Gasteiger partial charge in [0.1, 0.15) is 0 Å². The molecule has 1 N–H and O–H groups in total. The van der Waals surface area contributed by atoms with Crippen LogP contribution >= 0.6 is 0 Å². The quantitative estimate of drug-likeness (QED) is 0.488. The van der Waals surface area contributed by atoms with Gasteiger partial charge in [-0.25, -0.2) is 4.79 Å². The number of nitro benzene ring substituents is 1. The zero-order valence-electron chi connectivity index (χ0n) is 12.9. The van der Waals surface area contributed by atoms with Crippen LogP contribution in [0.1, 0.15) is 25.3 Å². The summed E-state index contributed by atoms with van der Waals surface area (Å²) in [5.41, 5.74) is -0.340. The number of carbonyl (C=O) groups is 2. The number of esters is 1. The molecule has 23 heavy (non-hydrogen) atoms. The van der Waals surface area contributed by atoms with Crippen LogP contribution in [-0.2, 0) is 19.8 Å². The molecule has 1 amide bonds. The molecule has 1 aromatic rings. The molecular weight excluding hydrogens is 304 g/mol. The molecule has 2 atom stereocenters. The van der Waals surface area contributed by atoms with E-state index in [1.807, 2.05) is 0 Å². The Labute approximate surface area is 132 Å². The molecule has 0 radical (unpaired) electrons. The normalized spacial score (nSPS) is 22.1. The Kier molecular flexibility index (Phi) is 4.83. The van der Waals surface area contributed by atoms with Gasteiger partial charge in [-0.15, -0.1) is 0 Å². The van der Waals surface area contributed by atoms with Crippen LogP contribution in [0.15, 0.2) is 24.3 Å². The smallest absolute Gasteiger partial charge is 0.407 e. The van der Waals surface area contributed by atoms with E-state index in [0.717, 1.165) is 0 Å². The number of ether oxygens (including phenoxy) is 2. The van der Waals surface area contributed by atoms with Crippen LogP contribution in [0, 0.1) is 16.0 Å². The molecule has 0 spiro atoms. The summed E-state index contributed by atoms with van der Waals surface area (Å²) in [5, 5.41) is 13.6. The fourth-order valence-corrected chi connectivity index (χ4v) is 2.71. The van der Waals surface area contributed by atoms with E-state index >= 15 is 0 Å². The number of nitrogens with zero attached hydrogens (tertiary/aromatic N) is 1. The van der Waals surface area contributed by atoms with Gasteiger partial charge < -0.3 is 14.8 Å². The lowest BCUT2D eigenvalue weighted by Crippen LogP contribution is -2.37. The SMILES string of the molecule is CCOC(=O)CC1CC1(NC(=O)OC)c1cccc([N+](=O)[O-])c1. The average Bonchev–Trinajstić information content (AvgIpc) is 3.20. The summed E-state index contributed by atoms with van der Waals surface area (Å²) in [6.07, 6.45) is -0.0364. The first kappa shape index (κ1) is 16.7. The molecule has 2 rings (SSSR count). The monoisotopic (exact) mass is 322 g/mol. The molecule has 8 nitrogen and oxygen atoms in total. The summed E-state index contributed by atoms with van der Waals surface area (Å²) in [5.74, 6) is -0.556. The van der Waals surface area contributed by atoms with Crippen molar-refractivity contribution in [2.45, 2.75) is 25.3 Å². The number of hydrogen-bond donors (Lipinski definition) is 1. The van der Waals surface area contributed by atoms with Crippen molar-refractivity contribution in [2.24, 2.45) is 5.92 Å². The maximum atomic E-state index is 11.7. The molecule has 0 bridgehead atoms. The number of hydrogen-bond acceptors (Lipinski definition) is 6. The van der Waals surface area contributed by atoms with Crippen molar-refractivity contribution in [1.29, 1.82) is 0 Å². The molecule has 1 fully saturated rings. The summed E-state index contributed by atoms with van der Waals surface area (Å²) >= 11 is 0. The molecule has 0 aliphatic heterocycles. The van der Waals surface area contributed by atoms with Gasteiger partial charge >= 0.3 is 12.1 Å². The topological polar surface area (TPSA) is 108 Å². The number of alkyl carbamates (subject to hydrolysis) is 1. The molecule has 1 aliphatic rings. The standard InChI is InChI=1S/C15H18N2O6/c1-3-23-13(18)8-11-9-15(11,16-14(19)22-2)10-5-4-6-12(7-10)17(20)21/h4-7,11H,3,8-9H2,1-2H3,(H,16,19). The van der Waals surface area contributed by atoms with E-state index in [9.17, 15) is 19.7 Å². The van der Waals surface area contributed by atoms with Gasteiger partial charge in [-0.1, -0.05) is 12.1 Å². The highest BCUT2D eigenvalue weighted by Crippen LogP contribution is 2.54. The van der Waals surface area contributed by atoms with Gasteiger partial charge in [0.05, 0.1) is 30.6 Å². The van der Waals surface area contributed by atoms with Gasteiger partial charge in [-0.05, 0) is 24.8 Å². The zero-order valence-corrected chi connectivity index (χ0v) is 12.9. The van der Waals surface area contributed by atoms with Gasteiger partial charge in [-0.2, -0.15) is 0 Å². The number of non-ortho nitro benzene ring substituents is 1. The molecule has 1 saturated carbocycles. The number of methoxy groups -OCH3 is 1. The summed E-state index contributed by atoms with van der Waals surface area (Å²) in [7, 11) is 1.24. The molecule has 8 heteroatoms. The fraction of sp³-hybridized carbons (Fsp3) is 0.467. The van der Waals surface area contributed by atoms with Crippen molar-refractivity contribution in [3.63, 3.8) is 0 Å². The lowest BCUT2D eigenvalue weighted by atomic mass is 10.0. The second-order valence-electron chi connectivity index (χ2n) is 5.31. The van der Waals surface area contributed by atoms with Gasteiger partial charge in [-0.3, -0.25) is 14.9 Å². The predicted octanol–water partition coefficient (Wildman–Crippen LogP) is 2.12. The Morgan fingerprint density at radius 3 is 2.83 bits per heavy atom. The van der Waals surface area contributed by atoms with E-state index in [0.29, 0.717) is 12.0 Å². The minimum Gasteiger partial charge on any atom is -0.466 e. The Hall–Kier alpha value is -2.64. The summed E-state index contributed by atoms with van der Waals surface area (Å²) in [6, 6.07) is 6.02. The molecule has 0 aromatic heterocycles. The van der Waals surface area contributed by atoms with Crippen molar-refractivity contribution in [3.05, 3.63) is 39.9 Å². The van der Waals surface area contributed by atoms with Crippen molar-refractivity contribution in [1.82, 2.24) is 5.32 Å². The minimum absolute atomic E-state index is 0.0738. The fourth-order valence-electron chi connectivity index (χ4n) is 2.71. The number of carbonyl (C=O) groups excluding carboxylic acids is 2. The largest absolute Gasteiger partial charge is 0.466 e. The number of benzene rings is 1. The van der Waals surface area contributed by atoms with E-state index in [1.54, 1.807) is 19.1 Å². The summed E-state index contributed by atoms with van der Waals surface area (Å²) in [4.78, 5) is 33.7. The Balaban J connectivity index is 2.26. The maximum absolute atomic E-state index is 11.7. The van der Waals surface area contributed by atoms with Crippen molar-refractivity contribution >= 4 is 17.7 Å². The first-order chi connectivity index (χ1) is 10.9. The third kappa shape index (κ3) is 3.58. The van der Waals surface area contributed by atoms with Crippen LogP contribution in [0.5, 0.6) is 0 Å². The third-order valence-electron chi connectivity index (χ3n) is 3.91. The first-order valence-corrected chi connectivity index (χ1v) is 7.19. The number of amides is 1. The second kappa shape index (κ2) is 6.64. The molecule has 0 saturated heterocycles. The number of nitrogens with one attached hydrogen (secondary N) is 1. The van der Waals surface area contributed by atoms with E-state index < -0.39 is 16.6 Å². The van der Waals surface area contributed by atoms with E-state index in [-0.39, 0.29) is 30.6 Å². The highest BCUT2D eigenvalue weighted by atomic mass is 16.6. The van der Waals surface area contributed by atoms with E-state index in [4.69, 9.17) is 4.74 Å². The Bertz CT molecular complexity index is 632. The van der Waals surface area contributed by atoms with Crippen LogP contribution < -0.4 is 5.32 Å². The first-order valence-electron chi connectivity index (χ1n) is 7.19. The molecule has 1 aromatic carbocycles. The highest BCUT2D eigenvalue weighted by molar-refractivity contribution is 5.73. The van der Waals surface area contributed by atoms with Crippen LogP contribution in [0.25, 0.3) is 0 Å². The highest BCUT2D eigenvalue weighted by Gasteiger charge is 2.57. The Morgan fingerprint density at radius 1 is 1.48 bits per heavy atom. The van der Waals surface area contributed by atoms with Crippen molar-refractivity contribution < 1.29 is 24.0 Å². The van der Waals surface area contributed by atoms with Crippen LogP contribution in [0.3, 0.4) is 0 Å². The minimum atomic E-state index is -0.841. The molecule has 1 aliphatic carbocycles. The van der Waals surface area contributed by atoms with Crippen LogP contribution in [0.2, 0.25) is 0 Å². The Morgan fingerprint density at radius 2 is 2.22 bits per heavy atom. The predicted molar refractivity (Wildman–Crippen MR) is 79.7 cm³/mol. The molecule has 2 unspecified atom stereocenters. The lowest BCUT2D eigenvalue weighted by molar-refractivity contribution is -0.385.